The minimum Gasteiger partial charge on any atom is -0.447 e. The van der Waals surface area contributed by atoms with Gasteiger partial charge in [-0.1, -0.05) is 25.3 Å². The topological polar surface area (TPSA) is 85.9 Å². The quantitative estimate of drug-likeness (QED) is 0.739. The zero-order chi connectivity index (χ0) is 19.5. The highest BCUT2D eigenvalue weighted by Crippen LogP contribution is 2.29. The number of hydrogen-bond donors (Lipinski definition) is 3. The fourth-order valence-corrected chi connectivity index (χ4v) is 4.48. The first-order valence-corrected chi connectivity index (χ1v) is 10.2. The molecule has 1 aliphatic carbocycles. The number of cyclic esters (lactones) is 1. The number of anilines is 2. The van der Waals surface area contributed by atoms with E-state index in [0.29, 0.717) is 37.3 Å². The molecule has 152 valence electrons. The van der Waals surface area contributed by atoms with Crippen molar-refractivity contribution in [3.63, 3.8) is 0 Å². The Hall–Kier alpha value is -2.32. The van der Waals surface area contributed by atoms with Crippen molar-refractivity contribution in [2.24, 2.45) is 5.92 Å². The first kappa shape index (κ1) is 19.0. The van der Waals surface area contributed by atoms with Crippen molar-refractivity contribution in [1.29, 1.82) is 0 Å². The maximum atomic E-state index is 12.7. The van der Waals surface area contributed by atoms with Crippen LogP contribution in [-0.4, -0.2) is 55.9 Å². The number of carbonyl (C=O) groups is 2. The molecule has 1 aromatic rings. The summed E-state index contributed by atoms with van der Waals surface area (Å²) in [6, 6.07) is 7.93. The third-order valence-corrected chi connectivity index (χ3v) is 6.03. The monoisotopic (exact) mass is 387 g/mol. The number of fused-ring (bicyclic) bond motifs is 1. The van der Waals surface area contributed by atoms with Crippen molar-refractivity contribution >= 4 is 23.5 Å². The van der Waals surface area contributed by atoms with Crippen LogP contribution in [0.1, 0.15) is 32.1 Å². The van der Waals surface area contributed by atoms with Gasteiger partial charge in [-0.25, -0.2) is 9.59 Å². The molecule has 3 atom stereocenters. The van der Waals surface area contributed by atoms with Crippen LogP contribution in [0.5, 0.6) is 0 Å². The second-order valence-electron chi connectivity index (χ2n) is 7.93. The molecule has 3 unspecified atom stereocenters. The number of nitrogens with zero attached hydrogens (tertiary/aromatic N) is 2. The molecule has 28 heavy (non-hydrogen) atoms. The molecule has 2 saturated heterocycles. The Bertz CT molecular complexity index is 728. The molecule has 1 aromatic carbocycles. The Kier molecular flexibility index (Phi) is 5.68. The summed E-state index contributed by atoms with van der Waals surface area (Å²) in [4.78, 5) is 27.7. The van der Waals surface area contributed by atoms with Crippen LogP contribution in [0.15, 0.2) is 24.3 Å². The molecular formula is C20H29N5O3. The smallest absolute Gasteiger partial charge is 0.414 e. The van der Waals surface area contributed by atoms with Crippen LogP contribution in [0.4, 0.5) is 21.0 Å². The minimum absolute atomic E-state index is 0.153. The molecule has 3 N–H and O–H groups in total. The summed E-state index contributed by atoms with van der Waals surface area (Å²) in [5, 5.41) is 2.94. The predicted molar refractivity (Wildman–Crippen MR) is 107 cm³/mol. The average molecular weight is 387 g/mol. The van der Waals surface area contributed by atoms with Gasteiger partial charge in [0.1, 0.15) is 6.61 Å². The van der Waals surface area contributed by atoms with Crippen LogP contribution >= 0.6 is 0 Å². The Labute approximate surface area is 165 Å². The summed E-state index contributed by atoms with van der Waals surface area (Å²) in [6.07, 6.45) is 5.91. The fraction of sp³-hybridized carbons (Fsp3) is 0.600. The second-order valence-corrected chi connectivity index (χ2v) is 7.93. The third kappa shape index (κ3) is 4.07. The van der Waals surface area contributed by atoms with Gasteiger partial charge in [-0.2, -0.15) is 0 Å². The van der Waals surface area contributed by atoms with E-state index in [4.69, 9.17) is 4.74 Å². The molecule has 3 amide bonds. The predicted octanol–water partition coefficient (Wildman–Crippen LogP) is 2.53. The lowest BCUT2D eigenvalue weighted by Crippen LogP contribution is -2.44. The Morgan fingerprint density at radius 2 is 2.14 bits per heavy atom. The molecule has 8 heteroatoms. The van der Waals surface area contributed by atoms with Gasteiger partial charge in [-0.3, -0.25) is 15.8 Å². The van der Waals surface area contributed by atoms with Gasteiger partial charge >= 0.3 is 12.1 Å². The largest absolute Gasteiger partial charge is 0.447 e. The average Bonchev–Trinajstić information content (AvgIpc) is 3.20. The van der Waals surface area contributed by atoms with E-state index in [1.807, 2.05) is 25.2 Å². The first-order chi connectivity index (χ1) is 13.6. The zero-order valence-corrected chi connectivity index (χ0v) is 16.3. The molecule has 3 aliphatic rings. The zero-order valence-electron chi connectivity index (χ0n) is 16.3. The van der Waals surface area contributed by atoms with Crippen LogP contribution in [0.25, 0.3) is 0 Å². The lowest BCUT2D eigenvalue weighted by molar-refractivity contribution is 0.181. The molecular weight excluding hydrogens is 358 g/mol. The number of hydrazine groups is 1. The van der Waals surface area contributed by atoms with Crippen molar-refractivity contribution in [2.45, 2.75) is 44.2 Å². The molecule has 2 heterocycles. The molecule has 0 radical (unpaired) electrons. The van der Waals surface area contributed by atoms with Crippen molar-refractivity contribution in [3.8, 4) is 0 Å². The van der Waals surface area contributed by atoms with Gasteiger partial charge in [0, 0.05) is 37.1 Å². The first-order valence-electron chi connectivity index (χ1n) is 10.2. The number of urea groups is 1. The van der Waals surface area contributed by atoms with Gasteiger partial charge in [0.15, 0.2) is 0 Å². The normalized spacial score (nSPS) is 27.1. The van der Waals surface area contributed by atoms with E-state index in [-0.39, 0.29) is 18.2 Å². The summed E-state index contributed by atoms with van der Waals surface area (Å²) < 4.78 is 4.98. The number of rotatable bonds is 4. The van der Waals surface area contributed by atoms with Gasteiger partial charge in [0.2, 0.25) is 0 Å². The van der Waals surface area contributed by atoms with Crippen molar-refractivity contribution in [3.05, 3.63) is 24.3 Å². The summed E-state index contributed by atoms with van der Waals surface area (Å²) in [5.74, 6) is 0.572. The van der Waals surface area contributed by atoms with Crippen molar-refractivity contribution < 1.29 is 14.3 Å². The molecule has 3 fully saturated rings. The van der Waals surface area contributed by atoms with Crippen LogP contribution < -0.4 is 21.1 Å². The lowest BCUT2D eigenvalue weighted by atomic mass is 9.90. The minimum atomic E-state index is -0.349. The van der Waals surface area contributed by atoms with E-state index in [9.17, 15) is 9.59 Å². The molecule has 8 nitrogen and oxygen atoms in total. The lowest BCUT2D eigenvalue weighted by Gasteiger charge is -2.26. The van der Waals surface area contributed by atoms with Crippen LogP contribution in [0.2, 0.25) is 0 Å². The van der Waals surface area contributed by atoms with Crippen molar-refractivity contribution in [1.82, 2.24) is 15.8 Å². The van der Waals surface area contributed by atoms with Gasteiger partial charge in [-0.15, -0.1) is 0 Å². The Morgan fingerprint density at radius 1 is 1.29 bits per heavy atom. The van der Waals surface area contributed by atoms with Crippen molar-refractivity contribution in [2.75, 3.05) is 37.0 Å². The van der Waals surface area contributed by atoms with E-state index in [1.54, 1.807) is 15.9 Å². The highest BCUT2D eigenvalue weighted by molar-refractivity contribution is 5.93. The maximum Gasteiger partial charge on any atom is 0.414 e. The molecule has 0 bridgehead atoms. The summed E-state index contributed by atoms with van der Waals surface area (Å²) >= 11 is 0. The highest BCUT2D eigenvalue weighted by atomic mass is 16.6. The summed E-state index contributed by atoms with van der Waals surface area (Å²) in [6.45, 7) is 1.57. The van der Waals surface area contributed by atoms with E-state index in [0.717, 1.165) is 5.69 Å². The number of hydrogen-bond acceptors (Lipinski definition) is 5. The fourth-order valence-electron chi connectivity index (χ4n) is 4.48. The van der Waals surface area contributed by atoms with Gasteiger partial charge in [0.25, 0.3) is 0 Å². The number of nitrogens with one attached hydrogen (secondary N) is 3. The molecule has 0 spiro atoms. The van der Waals surface area contributed by atoms with Gasteiger partial charge in [0.05, 0.1) is 6.54 Å². The number of carbonyl (C=O) groups excluding carboxylic acids is 2. The number of ether oxygens (including phenoxy) is 1. The molecule has 0 aromatic heterocycles. The standard InChI is InChI=1S/C20H29N5O3/c1-24(13-18-16-8-3-2-4-9-17(16)22-23-18)19(26)21-14-6-5-7-15(12-14)25-10-11-28-20(25)27/h5-7,12,16-18,22-23H,2-4,8-11,13H2,1H3,(H,21,26). The summed E-state index contributed by atoms with van der Waals surface area (Å²) in [7, 11) is 1.82. The van der Waals surface area contributed by atoms with Crippen LogP contribution in [-0.2, 0) is 4.74 Å². The van der Waals surface area contributed by atoms with E-state index >= 15 is 0 Å². The number of amides is 3. The molecule has 1 saturated carbocycles. The molecule has 2 aliphatic heterocycles. The Morgan fingerprint density at radius 3 is 2.96 bits per heavy atom. The SMILES string of the molecule is CN(CC1NNC2CCCCCC21)C(=O)Nc1cccc(N2CCOC2=O)c1. The number of likely N-dealkylation sites (N-methyl/N-ethyl adjacent to an activating group) is 1. The van der Waals surface area contributed by atoms with Gasteiger partial charge < -0.3 is 15.0 Å². The Balaban J connectivity index is 1.35. The number of benzene rings is 1. The van der Waals surface area contributed by atoms with E-state index in [1.165, 1.54) is 32.1 Å². The van der Waals surface area contributed by atoms with E-state index < -0.39 is 0 Å². The summed E-state index contributed by atoms with van der Waals surface area (Å²) in [5.41, 5.74) is 8.22. The maximum absolute atomic E-state index is 12.7. The third-order valence-electron chi connectivity index (χ3n) is 6.03. The van der Waals surface area contributed by atoms with Gasteiger partial charge in [-0.05, 0) is 37.0 Å². The van der Waals surface area contributed by atoms with Crippen LogP contribution in [0.3, 0.4) is 0 Å². The second kappa shape index (κ2) is 8.36. The highest BCUT2D eigenvalue weighted by Gasteiger charge is 2.37. The van der Waals surface area contributed by atoms with E-state index in [2.05, 4.69) is 16.2 Å². The molecule has 4 rings (SSSR count). The van der Waals surface area contributed by atoms with Crippen LogP contribution in [0, 0.1) is 5.92 Å².